The van der Waals surface area contributed by atoms with E-state index in [4.69, 9.17) is 9.47 Å². The highest BCUT2D eigenvalue weighted by Gasteiger charge is 2.31. The van der Waals surface area contributed by atoms with Crippen LogP contribution < -0.4 is 9.47 Å². The van der Waals surface area contributed by atoms with Gasteiger partial charge in [-0.1, -0.05) is 0 Å². The van der Waals surface area contributed by atoms with Crippen LogP contribution in [0.3, 0.4) is 0 Å². The van der Waals surface area contributed by atoms with Gasteiger partial charge in [-0.25, -0.2) is 9.97 Å². The van der Waals surface area contributed by atoms with Crippen LogP contribution in [0.1, 0.15) is 16.8 Å². The molecule has 35 heavy (non-hydrogen) atoms. The Balaban J connectivity index is 1.44. The summed E-state index contributed by atoms with van der Waals surface area (Å²) in [5.74, 6) is 1.74. The van der Waals surface area contributed by atoms with Crippen molar-refractivity contribution in [2.75, 3.05) is 20.3 Å². The topological polar surface area (TPSA) is 65.3 Å². The maximum absolute atomic E-state index is 13.0. The smallest absolute Gasteiger partial charge is 0.417 e. The van der Waals surface area contributed by atoms with Crippen molar-refractivity contribution in [2.45, 2.75) is 19.3 Å². The van der Waals surface area contributed by atoms with E-state index in [1.54, 1.807) is 31.6 Å². The van der Waals surface area contributed by atoms with Gasteiger partial charge in [-0.05, 0) is 42.5 Å². The highest BCUT2D eigenvalue weighted by atomic mass is 19.4. The number of pyridine rings is 1. The molecule has 4 heterocycles. The maximum Gasteiger partial charge on any atom is 0.417 e. The highest BCUT2D eigenvalue weighted by Crippen LogP contribution is 2.38. The van der Waals surface area contributed by atoms with Crippen molar-refractivity contribution in [1.82, 2.24) is 24.4 Å². The summed E-state index contributed by atoms with van der Waals surface area (Å²) in [5.41, 5.74) is 2.17. The van der Waals surface area contributed by atoms with Crippen molar-refractivity contribution >= 4 is 0 Å². The summed E-state index contributed by atoms with van der Waals surface area (Å²) in [5, 5.41) is 0. The second-order valence-electron chi connectivity index (χ2n) is 8.07. The number of hydrogen-bond acceptors (Lipinski definition) is 6. The summed E-state index contributed by atoms with van der Waals surface area (Å²) >= 11 is 0. The van der Waals surface area contributed by atoms with Gasteiger partial charge >= 0.3 is 6.18 Å². The van der Waals surface area contributed by atoms with E-state index in [1.807, 2.05) is 29.0 Å². The number of nitrogens with zero attached hydrogens (tertiary/aromatic N) is 5. The molecule has 0 bridgehead atoms. The molecule has 10 heteroatoms. The summed E-state index contributed by atoms with van der Waals surface area (Å²) in [6.07, 6.45) is 1.73. The fourth-order valence-corrected chi connectivity index (χ4v) is 4.09. The Morgan fingerprint density at radius 1 is 1.06 bits per heavy atom. The third kappa shape index (κ3) is 4.83. The van der Waals surface area contributed by atoms with Crippen LogP contribution in [0.2, 0.25) is 0 Å². The monoisotopic (exact) mass is 481 g/mol. The first-order chi connectivity index (χ1) is 16.9. The van der Waals surface area contributed by atoms with Gasteiger partial charge in [-0.15, -0.1) is 0 Å². The molecule has 7 nitrogen and oxygen atoms in total. The molecule has 0 aliphatic carbocycles. The number of aromatic nitrogens is 4. The zero-order valence-corrected chi connectivity index (χ0v) is 18.9. The lowest BCUT2D eigenvalue weighted by atomic mass is 10.0. The molecule has 3 aromatic heterocycles. The summed E-state index contributed by atoms with van der Waals surface area (Å²) in [4.78, 5) is 14.9. The molecule has 0 N–H and O–H groups in total. The predicted molar refractivity (Wildman–Crippen MR) is 122 cm³/mol. The molecule has 0 unspecified atom stereocenters. The second-order valence-corrected chi connectivity index (χ2v) is 8.07. The molecule has 0 radical (unpaired) electrons. The predicted octanol–water partition coefficient (Wildman–Crippen LogP) is 4.75. The number of fused-ring (bicyclic) bond motifs is 1. The van der Waals surface area contributed by atoms with E-state index in [0.29, 0.717) is 54.9 Å². The van der Waals surface area contributed by atoms with E-state index in [0.717, 1.165) is 23.5 Å². The van der Waals surface area contributed by atoms with Gasteiger partial charge < -0.3 is 9.47 Å². The van der Waals surface area contributed by atoms with Crippen LogP contribution in [-0.2, 0) is 19.3 Å². The molecule has 0 fully saturated rings. The largest absolute Gasteiger partial charge is 0.493 e. The molecule has 0 saturated heterocycles. The molecule has 0 spiro atoms. The lowest BCUT2D eigenvalue weighted by Gasteiger charge is -2.20. The molecule has 4 aromatic rings. The second kappa shape index (κ2) is 9.38. The average molecular weight is 481 g/mol. The summed E-state index contributed by atoms with van der Waals surface area (Å²) < 4.78 is 52.4. The first-order valence-corrected chi connectivity index (χ1v) is 11.0. The van der Waals surface area contributed by atoms with Gasteiger partial charge in [0, 0.05) is 61.2 Å². The summed E-state index contributed by atoms with van der Waals surface area (Å²) in [6, 6.07) is 11.8. The number of benzene rings is 1. The third-order valence-electron chi connectivity index (χ3n) is 5.77. The van der Waals surface area contributed by atoms with Crippen molar-refractivity contribution in [3.05, 3.63) is 84.1 Å². The quantitative estimate of drug-likeness (QED) is 0.410. The van der Waals surface area contributed by atoms with Crippen LogP contribution in [0.5, 0.6) is 11.5 Å². The number of alkyl halides is 3. The van der Waals surface area contributed by atoms with E-state index in [2.05, 4.69) is 19.9 Å². The minimum Gasteiger partial charge on any atom is -0.493 e. The van der Waals surface area contributed by atoms with Crippen molar-refractivity contribution in [3.8, 4) is 28.7 Å². The van der Waals surface area contributed by atoms with Crippen molar-refractivity contribution in [1.29, 1.82) is 0 Å². The molecule has 1 aliphatic rings. The highest BCUT2D eigenvalue weighted by molar-refractivity contribution is 5.66. The van der Waals surface area contributed by atoms with E-state index < -0.39 is 11.7 Å². The van der Waals surface area contributed by atoms with Crippen molar-refractivity contribution in [2.24, 2.45) is 0 Å². The molecule has 1 aliphatic heterocycles. The van der Waals surface area contributed by atoms with Crippen LogP contribution in [0, 0.1) is 0 Å². The number of ether oxygens (including phenoxy) is 2. The molecule has 0 saturated carbocycles. The average Bonchev–Trinajstić information content (AvgIpc) is 3.22. The third-order valence-corrected chi connectivity index (χ3v) is 5.77. The van der Waals surface area contributed by atoms with Crippen LogP contribution >= 0.6 is 0 Å². The van der Waals surface area contributed by atoms with E-state index in [1.165, 1.54) is 6.07 Å². The summed E-state index contributed by atoms with van der Waals surface area (Å²) in [6.45, 7) is 2.32. The lowest BCUT2D eigenvalue weighted by Crippen LogP contribution is -2.26. The molecule has 5 rings (SSSR count). The molecular formula is C25H22F3N5O2. The maximum atomic E-state index is 13.0. The normalized spacial score (nSPS) is 14.2. The van der Waals surface area contributed by atoms with Crippen molar-refractivity contribution in [3.63, 3.8) is 0 Å². The van der Waals surface area contributed by atoms with Crippen molar-refractivity contribution < 1.29 is 22.6 Å². The van der Waals surface area contributed by atoms with Gasteiger partial charge in [0.25, 0.3) is 0 Å². The Morgan fingerprint density at radius 2 is 1.89 bits per heavy atom. The van der Waals surface area contributed by atoms with Crippen LogP contribution in [0.15, 0.2) is 67.3 Å². The number of hydrogen-bond donors (Lipinski definition) is 0. The van der Waals surface area contributed by atoms with E-state index in [-0.39, 0.29) is 0 Å². The van der Waals surface area contributed by atoms with Gasteiger partial charge in [0.05, 0.1) is 18.4 Å². The molecule has 180 valence electrons. The number of rotatable bonds is 5. The Labute approximate surface area is 199 Å². The zero-order valence-electron chi connectivity index (χ0n) is 18.9. The van der Waals surface area contributed by atoms with Gasteiger partial charge in [0.15, 0.2) is 11.5 Å². The van der Waals surface area contributed by atoms with E-state index >= 15 is 0 Å². The van der Waals surface area contributed by atoms with Crippen LogP contribution in [0.25, 0.3) is 17.2 Å². The molecule has 1 aromatic carbocycles. The Bertz CT molecular complexity index is 1310. The molecule has 0 atom stereocenters. The minimum atomic E-state index is -4.44. The number of halogens is 3. The first-order valence-electron chi connectivity index (χ1n) is 11.0. The SMILES string of the molecule is COc1cc(-c2ccc(C(F)(F)F)cn2)cc2c1OCCN(Cc1cccn1-c1ncccn1)C2. The minimum absolute atomic E-state index is 0.421. The first kappa shape index (κ1) is 22.9. The Kier molecular flexibility index (Phi) is 6.12. The van der Waals surface area contributed by atoms with Gasteiger partial charge in [0.1, 0.15) is 6.61 Å². The van der Waals surface area contributed by atoms with Gasteiger partial charge in [0.2, 0.25) is 5.95 Å². The van der Waals surface area contributed by atoms with Gasteiger partial charge in [-0.3, -0.25) is 14.5 Å². The van der Waals surface area contributed by atoms with Crippen LogP contribution in [0.4, 0.5) is 13.2 Å². The lowest BCUT2D eigenvalue weighted by molar-refractivity contribution is -0.137. The standard InChI is InChI=1S/C25H22F3N5O2/c1-34-22-13-17(21-6-5-19(14-31-21)25(26,27)28)12-18-15-32(10-11-35-23(18)22)16-20-4-2-9-33(20)24-29-7-3-8-30-24/h2-9,12-14H,10-11,15-16H2,1H3. The zero-order chi connectivity index (χ0) is 24.4. The molecular weight excluding hydrogens is 459 g/mol. The Morgan fingerprint density at radius 3 is 2.60 bits per heavy atom. The fourth-order valence-electron chi connectivity index (χ4n) is 4.09. The van der Waals surface area contributed by atoms with Gasteiger partial charge in [-0.2, -0.15) is 13.2 Å². The van der Waals surface area contributed by atoms with Crippen LogP contribution in [-0.4, -0.2) is 44.7 Å². The molecule has 0 amide bonds. The number of methoxy groups -OCH3 is 1. The summed E-state index contributed by atoms with van der Waals surface area (Å²) in [7, 11) is 1.54. The Hall–Kier alpha value is -3.92. The van der Waals surface area contributed by atoms with E-state index in [9.17, 15) is 13.2 Å². The fraction of sp³-hybridized carbons (Fsp3) is 0.240.